The third-order valence-electron chi connectivity index (χ3n) is 2.65. The van der Waals surface area contributed by atoms with Crippen LogP contribution in [0.3, 0.4) is 0 Å². The Morgan fingerprint density at radius 2 is 2.31 bits per heavy atom. The van der Waals surface area contributed by atoms with E-state index in [9.17, 15) is 0 Å². The molecule has 2 nitrogen and oxygen atoms in total. The lowest BCUT2D eigenvalue weighted by Crippen LogP contribution is -2.33. The average Bonchev–Trinajstić information content (AvgIpc) is 2.19. The van der Waals surface area contributed by atoms with E-state index >= 15 is 0 Å². The quantitative estimate of drug-likeness (QED) is 0.705. The SMILES string of the molecule is CNCC1CNCc2ccccc21. The van der Waals surface area contributed by atoms with E-state index in [-0.39, 0.29) is 0 Å². The van der Waals surface area contributed by atoms with Crippen LogP contribution >= 0.6 is 0 Å². The molecule has 0 radical (unpaired) electrons. The van der Waals surface area contributed by atoms with E-state index in [0.717, 1.165) is 19.6 Å². The summed E-state index contributed by atoms with van der Waals surface area (Å²) in [6.07, 6.45) is 0. The molecule has 0 fully saturated rings. The van der Waals surface area contributed by atoms with Gasteiger partial charge in [0.25, 0.3) is 0 Å². The standard InChI is InChI=1S/C11H16N2/c1-12-6-10-8-13-7-9-4-2-3-5-11(9)10/h2-5,10,12-13H,6-8H2,1H3. The Morgan fingerprint density at radius 3 is 3.15 bits per heavy atom. The molecular formula is C11H16N2. The number of likely N-dealkylation sites (N-methyl/N-ethyl adjacent to an activating group) is 1. The topological polar surface area (TPSA) is 24.1 Å². The Bertz CT molecular complexity index is 283. The van der Waals surface area contributed by atoms with E-state index in [2.05, 4.69) is 34.9 Å². The summed E-state index contributed by atoms with van der Waals surface area (Å²) in [4.78, 5) is 0. The minimum Gasteiger partial charge on any atom is -0.319 e. The van der Waals surface area contributed by atoms with Crippen LogP contribution in [0, 0.1) is 0 Å². The van der Waals surface area contributed by atoms with Gasteiger partial charge in [0, 0.05) is 25.6 Å². The fourth-order valence-electron chi connectivity index (χ4n) is 2.01. The first kappa shape index (κ1) is 8.73. The maximum Gasteiger partial charge on any atom is 0.0208 e. The van der Waals surface area contributed by atoms with Gasteiger partial charge in [0.2, 0.25) is 0 Å². The van der Waals surface area contributed by atoms with E-state index in [1.807, 2.05) is 7.05 Å². The van der Waals surface area contributed by atoms with Crippen LogP contribution in [0.15, 0.2) is 24.3 Å². The Hall–Kier alpha value is -0.860. The summed E-state index contributed by atoms with van der Waals surface area (Å²) < 4.78 is 0. The highest BCUT2D eigenvalue weighted by Gasteiger charge is 2.17. The zero-order valence-electron chi connectivity index (χ0n) is 8.01. The van der Waals surface area contributed by atoms with Crippen LogP contribution in [-0.4, -0.2) is 20.1 Å². The molecule has 2 N–H and O–H groups in total. The van der Waals surface area contributed by atoms with E-state index in [1.54, 1.807) is 0 Å². The van der Waals surface area contributed by atoms with Gasteiger partial charge in [0.15, 0.2) is 0 Å². The van der Waals surface area contributed by atoms with E-state index < -0.39 is 0 Å². The Balaban J connectivity index is 2.26. The maximum absolute atomic E-state index is 3.44. The van der Waals surface area contributed by atoms with Gasteiger partial charge in [-0.15, -0.1) is 0 Å². The summed E-state index contributed by atoms with van der Waals surface area (Å²) in [6.45, 7) is 3.18. The molecule has 0 aromatic heterocycles. The second-order valence-corrected chi connectivity index (χ2v) is 3.58. The number of hydrogen-bond donors (Lipinski definition) is 2. The Kier molecular flexibility index (Phi) is 2.62. The minimum atomic E-state index is 0.634. The van der Waals surface area contributed by atoms with Gasteiger partial charge in [0.1, 0.15) is 0 Å². The fourth-order valence-corrected chi connectivity index (χ4v) is 2.01. The van der Waals surface area contributed by atoms with E-state index in [4.69, 9.17) is 0 Å². The predicted molar refractivity (Wildman–Crippen MR) is 54.8 cm³/mol. The molecule has 1 heterocycles. The van der Waals surface area contributed by atoms with Gasteiger partial charge in [-0.25, -0.2) is 0 Å². The van der Waals surface area contributed by atoms with Crippen molar-refractivity contribution < 1.29 is 0 Å². The first-order chi connectivity index (χ1) is 6.42. The number of fused-ring (bicyclic) bond motifs is 1. The minimum absolute atomic E-state index is 0.634. The molecule has 0 aliphatic carbocycles. The highest BCUT2D eigenvalue weighted by Crippen LogP contribution is 2.22. The molecule has 1 aliphatic heterocycles. The second kappa shape index (κ2) is 3.90. The number of rotatable bonds is 2. The molecule has 0 saturated heterocycles. The van der Waals surface area contributed by atoms with Crippen LogP contribution < -0.4 is 10.6 Å². The van der Waals surface area contributed by atoms with Crippen LogP contribution in [0.25, 0.3) is 0 Å². The highest BCUT2D eigenvalue weighted by molar-refractivity contribution is 5.32. The van der Waals surface area contributed by atoms with Crippen molar-refractivity contribution in [3.8, 4) is 0 Å². The van der Waals surface area contributed by atoms with Crippen molar-refractivity contribution in [2.75, 3.05) is 20.1 Å². The lowest BCUT2D eigenvalue weighted by molar-refractivity contribution is 0.521. The molecule has 0 spiro atoms. The van der Waals surface area contributed by atoms with Crippen molar-refractivity contribution in [3.05, 3.63) is 35.4 Å². The highest BCUT2D eigenvalue weighted by atomic mass is 14.9. The third kappa shape index (κ3) is 1.74. The first-order valence-corrected chi connectivity index (χ1v) is 4.85. The Labute approximate surface area is 79.4 Å². The number of benzene rings is 1. The van der Waals surface area contributed by atoms with Gasteiger partial charge < -0.3 is 10.6 Å². The van der Waals surface area contributed by atoms with Crippen LogP contribution in [0.2, 0.25) is 0 Å². The summed E-state index contributed by atoms with van der Waals surface area (Å²) in [5.74, 6) is 0.634. The fraction of sp³-hybridized carbons (Fsp3) is 0.455. The number of hydrogen-bond acceptors (Lipinski definition) is 2. The molecule has 13 heavy (non-hydrogen) atoms. The zero-order chi connectivity index (χ0) is 9.10. The lowest BCUT2D eigenvalue weighted by Gasteiger charge is -2.26. The van der Waals surface area contributed by atoms with Crippen molar-refractivity contribution in [2.24, 2.45) is 0 Å². The summed E-state index contributed by atoms with van der Waals surface area (Å²) in [5.41, 5.74) is 2.96. The van der Waals surface area contributed by atoms with Gasteiger partial charge in [-0.05, 0) is 18.2 Å². The van der Waals surface area contributed by atoms with Gasteiger partial charge in [-0.1, -0.05) is 24.3 Å². The maximum atomic E-state index is 3.44. The monoisotopic (exact) mass is 176 g/mol. The molecular weight excluding hydrogens is 160 g/mol. The van der Waals surface area contributed by atoms with Crippen LogP contribution in [0.4, 0.5) is 0 Å². The Morgan fingerprint density at radius 1 is 1.46 bits per heavy atom. The van der Waals surface area contributed by atoms with Gasteiger partial charge >= 0.3 is 0 Å². The van der Waals surface area contributed by atoms with Crippen molar-refractivity contribution in [1.82, 2.24) is 10.6 Å². The molecule has 1 aromatic rings. The molecule has 1 aromatic carbocycles. The summed E-state index contributed by atoms with van der Waals surface area (Å²) >= 11 is 0. The van der Waals surface area contributed by atoms with Crippen LogP contribution in [0.1, 0.15) is 17.0 Å². The van der Waals surface area contributed by atoms with Crippen molar-refractivity contribution in [2.45, 2.75) is 12.5 Å². The van der Waals surface area contributed by atoms with Crippen molar-refractivity contribution in [3.63, 3.8) is 0 Å². The molecule has 1 unspecified atom stereocenters. The average molecular weight is 176 g/mol. The second-order valence-electron chi connectivity index (χ2n) is 3.58. The zero-order valence-corrected chi connectivity index (χ0v) is 8.01. The van der Waals surface area contributed by atoms with Gasteiger partial charge in [0.05, 0.1) is 0 Å². The molecule has 0 bridgehead atoms. The van der Waals surface area contributed by atoms with Crippen LogP contribution in [-0.2, 0) is 6.54 Å². The van der Waals surface area contributed by atoms with Gasteiger partial charge in [-0.2, -0.15) is 0 Å². The predicted octanol–water partition coefficient (Wildman–Crippen LogP) is 1.09. The van der Waals surface area contributed by atoms with Gasteiger partial charge in [-0.3, -0.25) is 0 Å². The number of nitrogens with one attached hydrogen (secondary N) is 2. The molecule has 2 rings (SSSR count). The smallest absolute Gasteiger partial charge is 0.0208 e. The van der Waals surface area contributed by atoms with Crippen molar-refractivity contribution >= 4 is 0 Å². The summed E-state index contributed by atoms with van der Waals surface area (Å²) in [6, 6.07) is 8.71. The summed E-state index contributed by atoms with van der Waals surface area (Å²) in [7, 11) is 2.01. The lowest BCUT2D eigenvalue weighted by atomic mass is 9.91. The van der Waals surface area contributed by atoms with E-state index in [1.165, 1.54) is 11.1 Å². The first-order valence-electron chi connectivity index (χ1n) is 4.85. The normalized spacial score (nSPS) is 21.2. The van der Waals surface area contributed by atoms with Crippen molar-refractivity contribution in [1.29, 1.82) is 0 Å². The van der Waals surface area contributed by atoms with E-state index in [0.29, 0.717) is 5.92 Å². The molecule has 1 atom stereocenters. The van der Waals surface area contributed by atoms with Crippen LogP contribution in [0.5, 0.6) is 0 Å². The molecule has 2 heteroatoms. The molecule has 0 saturated carbocycles. The molecule has 1 aliphatic rings. The molecule has 70 valence electrons. The largest absolute Gasteiger partial charge is 0.319 e. The third-order valence-corrected chi connectivity index (χ3v) is 2.65. The summed E-state index contributed by atoms with van der Waals surface area (Å²) in [5, 5.41) is 6.67. The molecule has 0 amide bonds.